The fourth-order valence-electron chi connectivity index (χ4n) is 3.24. The number of nitrogens with zero attached hydrogens (tertiary/aromatic N) is 3. The average molecular weight is 314 g/mol. The normalized spacial score (nSPS) is 21.7. The molecule has 122 valence electrons. The number of nitrogens with one attached hydrogen (secondary N) is 1. The number of amides is 2. The Kier molecular flexibility index (Phi) is 4.96. The first kappa shape index (κ1) is 15.6. The molecule has 1 aromatic heterocycles. The second-order valence-electron chi connectivity index (χ2n) is 6.25. The molecule has 1 aromatic rings. The lowest BCUT2D eigenvalue weighted by Gasteiger charge is -2.26. The molecule has 6 heteroatoms. The summed E-state index contributed by atoms with van der Waals surface area (Å²) in [7, 11) is 0. The van der Waals surface area contributed by atoms with Gasteiger partial charge in [-0.15, -0.1) is 0 Å². The van der Waals surface area contributed by atoms with Gasteiger partial charge in [-0.1, -0.05) is 19.3 Å². The van der Waals surface area contributed by atoms with E-state index in [1.807, 2.05) is 4.90 Å². The Morgan fingerprint density at radius 2 is 2.17 bits per heavy atom. The predicted molar refractivity (Wildman–Crippen MR) is 85.0 cm³/mol. The number of hydrogen-bond acceptors (Lipinski definition) is 4. The van der Waals surface area contributed by atoms with Crippen molar-refractivity contribution in [3.8, 4) is 11.9 Å². The summed E-state index contributed by atoms with van der Waals surface area (Å²) >= 11 is 0. The van der Waals surface area contributed by atoms with Crippen molar-refractivity contribution in [2.75, 3.05) is 13.1 Å². The van der Waals surface area contributed by atoms with Crippen LogP contribution in [-0.4, -0.2) is 41.2 Å². The molecule has 0 spiro atoms. The minimum atomic E-state index is -0.0615. The lowest BCUT2D eigenvalue weighted by Crippen LogP contribution is -2.45. The van der Waals surface area contributed by atoms with E-state index in [-0.39, 0.29) is 12.1 Å². The van der Waals surface area contributed by atoms with Crippen molar-refractivity contribution in [1.82, 2.24) is 15.2 Å². The zero-order valence-corrected chi connectivity index (χ0v) is 13.2. The highest BCUT2D eigenvalue weighted by atomic mass is 16.5. The van der Waals surface area contributed by atoms with Gasteiger partial charge in [-0.25, -0.2) is 9.78 Å². The second-order valence-corrected chi connectivity index (χ2v) is 6.25. The van der Waals surface area contributed by atoms with Gasteiger partial charge in [0, 0.05) is 31.3 Å². The zero-order valence-electron chi connectivity index (χ0n) is 13.2. The lowest BCUT2D eigenvalue weighted by molar-refractivity contribution is 0.179. The first-order valence-electron chi connectivity index (χ1n) is 8.33. The molecule has 1 aliphatic carbocycles. The number of pyridine rings is 1. The summed E-state index contributed by atoms with van der Waals surface area (Å²) in [5.74, 6) is 0.448. The monoisotopic (exact) mass is 314 g/mol. The average Bonchev–Trinajstić information content (AvgIpc) is 3.04. The molecule has 1 atom stereocenters. The van der Waals surface area contributed by atoms with Gasteiger partial charge in [-0.2, -0.15) is 5.26 Å². The van der Waals surface area contributed by atoms with E-state index < -0.39 is 0 Å². The second kappa shape index (κ2) is 7.32. The van der Waals surface area contributed by atoms with E-state index in [2.05, 4.69) is 16.4 Å². The summed E-state index contributed by atoms with van der Waals surface area (Å²) in [5, 5.41) is 12.0. The maximum absolute atomic E-state index is 12.3. The van der Waals surface area contributed by atoms with E-state index >= 15 is 0 Å². The molecule has 0 bridgehead atoms. The number of ether oxygens (including phenoxy) is 1. The van der Waals surface area contributed by atoms with Crippen LogP contribution in [0.2, 0.25) is 0 Å². The largest absolute Gasteiger partial charge is 0.472 e. The molecule has 1 saturated heterocycles. The fourth-order valence-corrected chi connectivity index (χ4v) is 3.24. The summed E-state index contributed by atoms with van der Waals surface area (Å²) in [5.41, 5.74) is 0.528. The molecule has 1 aliphatic heterocycles. The first-order valence-corrected chi connectivity index (χ1v) is 8.33. The van der Waals surface area contributed by atoms with Crippen LogP contribution < -0.4 is 10.1 Å². The molecule has 0 radical (unpaired) electrons. The standard InChI is InChI=1S/C17H22N4O2/c18-11-13-6-8-19-16(10-13)23-15-7-9-21(12-15)17(22)20-14-4-2-1-3-5-14/h6,8,10,14-15H,1-5,7,9,12H2,(H,20,22). The number of aromatic nitrogens is 1. The van der Waals surface area contributed by atoms with Crippen LogP contribution in [0.4, 0.5) is 4.79 Å². The van der Waals surface area contributed by atoms with Crippen molar-refractivity contribution in [3.05, 3.63) is 23.9 Å². The van der Waals surface area contributed by atoms with Gasteiger partial charge in [0.05, 0.1) is 18.2 Å². The van der Waals surface area contributed by atoms with Crippen LogP contribution >= 0.6 is 0 Å². The number of rotatable bonds is 3. The Labute approximate surface area is 136 Å². The molecular formula is C17H22N4O2. The number of urea groups is 1. The Morgan fingerprint density at radius 1 is 1.35 bits per heavy atom. The molecule has 2 fully saturated rings. The van der Waals surface area contributed by atoms with Gasteiger partial charge in [0.15, 0.2) is 0 Å². The molecule has 3 rings (SSSR count). The van der Waals surface area contributed by atoms with E-state index in [0.717, 1.165) is 19.3 Å². The molecule has 1 saturated carbocycles. The third-order valence-corrected chi connectivity index (χ3v) is 4.52. The van der Waals surface area contributed by atoms with Crippen molar-refractivity contribution >= 4 is 6.03 Å². The summed E-state index contributed by atoms with van der Waals surface area (Å²) in [6.45, 7) is 1.26. The Morgan fingerprint density at radius 3 is 2.96 bits per heavy atom. The quantitative estimate of drug-likeness (QED) is 0.929. The van der Waals surface area contributed by atoms with Gasteiger partial charge in [0.25, 0.3) is 0 Å². The number of carbonyl (C=O) groups excluding carboxylic acids is 1. The summed E-state index contributed by atoms with van der Waals surface area (Å²) in [6.07, 6.45) is 8.16. The zero-order chi connectivity index (χ0) is 16.1. The van der Waals surface area contributed by atoms with Crippen molar-refractivity contribution in [3.63, 3.8) is 0 Å². The van der Waals surface area contributed by atoms with Crippen molar-refractivity contribution in [2.24, 2.45) is 0 Å². The molecule has 2 amide bonds. The third kappa shape index (κ3) is 4.13. The Hall–Kier alpha value is -2.29. The van der Waals surface area contributed by atoms with Crippen LogP contribution in [-0.2, 0) is 0 Å². The Bertz CT molecular complexity index is 593. The van der Waals surface area contributed by atoms with Crippen LogP contribution in [0.15, 0.2) is 18.3 Å². The van der Waals surface area contributed by atoms with Gasteiger partial charge in [-0.3, -0.25) is 0 Å². The molecular weight excluding hydrogens is 292 g/mol. The molecule has 23 heavy (non-hydrogen) atoms. The topological polar surface area (TPSA) is 78.2 Å². The molecule has 2 heterocycles. The fraction of sp³-hybridized carbons (Fsp3) is 0.588. The highest BCUT2D eigenvalue weighted by Gasteiger charge is 2.29. The maximum atomic E-state index is 12.3. The number of carbonyl (C=O) groups is 1. The minimum absolute atomic E-state index is 0.0155. The first-order chi connectivity index (χ1) is 11.2. The van der Waals surface area contributed by atoms with Gasteiger partial charge in [0.2, 0.25) is 5.88 Å². The summed E-state index contributed by atoms with van der Waals surface area (Å²) in [4.78, 5) is 18.2. The van der Waals surface area contributed by atoms with Crippen molar-refractivity contribution < 1.29 is 9.53 Å². The SMILES string of the molecule is N#Cc1ccnc(OC2CCN(C(=O)NC3CCCCC3)C2)c1. The minimum Gasteiger partial charge on any atom is -0.472 e. The van der Waals surface area contributed by atoms with Crippen molar-refractivity contribution in [2.45, 2.75) is 50.7 Å². The molecule has 1 N–H and O–H groups in total. The van der Waals surface area contributed by atoms with E-state index in [0.29, 0.717) is 30.6 Å². The number of hydrogen-bond donors (Lipinski definition) is 1. The van der Waals surface area contributed by atoms with Gasteiger partial charge < -0.3 is 15.0 Å². The number of likely N-dealkylation sites (tertiary alicyclic amines) is 1. The van der Waals surface area contributed by atoms with Crippen LogP contribution in [0.1, 0.15) is 44.1 Å². The summed E-state index contributed by atoms with van der Waals surface area (Å²) < 4.78 is 5.80. The molecule has 1 unspecified atom stereocenters. The number of nitriles is 1. The lowest BCUT2D eigenvalue weighted by atomic mass is 9.96. The third-order valence-electron chi connectivity index (χ3n) is 4.52. The van der Waals surface area contributed by atoms with Gasteiger partial charge in [-0.05, 0) is 18.9 Å². The van der Waals surface area contributed by atoms with Crippen LogP contribution in [0, 0.1) is 11.3 Å². The van der Waals surface area contributed by atoms with Crippen LogP contribution in [0.25, 0.3) is 0 Å². The van der Waals surface area contributed by atoms with Gasteiger partial charge in [0.1, 0.15) is 6.10 Å². The predicted octanol–water partition coefficient (Wildman–Crippen LogP) is 2.45. The van der Waals surface area contributed by atoms with Crippen molar-refractivity contribution in [1.29, 1.82) is 5.26 Å². The van der Waals surface area contributed by atoms with E-state index in [9.17, 15) is 4.79 Å². The van der Waals surface area contributed by atoms with E-state index in [1.165, 1.54) is 19.3 Å². The highest BCUT2D eigenvalue weighted by Crippen LogP contribution is 2.20. The summed E-state index contributed by atoms with van der Waals surface area (Å²) in [6, 6.07) is 5.68. The smallest absolute Gasteiger partial charge is 0.317 e. The van der Waals surface area contributed by atoms with Crippen LogP contribution in [0.5, 0.6) is 5.88 Å². The Balaban J connectivity index is 1.49. The van der Waals surface area contributed by atoms with Crippen LogP contribution in [0.3, 0.4) is 0 Å². The highest BCUT2D eigenvalue weighted by molar-refractivity contribution is 5.74. The van der Waals surface area contributed by atoms with Gasteiger partial charge >= 0.3 is 6.03 Å². The van der Waals surface area contributed by atoms with E-state index in [1.54, 1.807) is 18.3 Å². The molecule has 6 nitrogen and oxygen atoms in total. The maximum Gasteiger partial charge on any atom is 0.317 e. The van der Waals surface area contributed by atoms with E-state index in [4.69, 9.17) is 10.00 Å². The molecule has 0 aromatic carbocycles. The molecule has 2 aliphatic rings.